The van der Waals surface area contributed by atoms with Crippen LogP contribution >= 0.6 is 0 Å². The number of likely N-dealkylation sites (N-methyl/N-ethyl adjacent to an activating group) is 1. The number of ether oxygens (including phenoxy) is 1. The first-order valence-electron chi connectivity index (χ1n) is 8.41. The largest absolute Gasteiger partial charge is 0.492 e. The summed E-state index contributed by atoms with van der Waals surface area (Å²) < 4.78 is 5.89. The van der Waals surface area contributed by atoms with E-state index in [1.165, 1.54) is 18.8 Å². The van der Waals surface area contributed by atoms with E-state index in [1.807, 2.05) is 0 Å². The maximum atomic E-state index is 5.89. The van der Waals surface area contributed by atoms with Gasteiger partial charge in [-0.1, -0.05) is 0 Å². The third-order valence-electron chi connectivity index (χ3n) is 4.59. The molecule has 2 saturated heterocycles. The Kier molecular flexibility index (Phi) is 5.53. The van der Waals surface area contributed by atoms with Crippen molar-refractivity contribution in [2.24, 2.45) is 0 Å². The van der Waals surface area contributed by atoms with Gasteiger partial charge in [0.05, 0.1) is 0 Å². The van der Waals surface area contributed by atoms with Crippen molar-refractivity contribution in [3.05, 3.63) is 24.3 Å². The summed E-state index contributed by atoms with van der Waals surface area (Å²) >= 11 is 0. The van der Waals surface area contributed by atoms with Crippen molar-refractivity contribution in [2.75, 3.05) is 77.5 Å². The quantitative estimate of drug-likeness (QED) is 0.866. The second-order valence-corrected chi connectivity index (χ2v) is 6.22. The Labute approximate surface area is 133 Å². The highest BCUT2D eigenvalue weighted by Gasteiger charge is 2.13. The number of hydrogen-bond donors (Lipinski definition) is 1. The lowest BCUT2D eigenvalue weighted by Gasteiger charge is -2.32. The van der Waals surface area contributed by atoms with E-state index in [1.54, 1.807) is 0 Å². The lowest BCUT2D eigenvalue weighted by atomic mass is 10.2. The van der Waals surface area contributed by atoms with Crippen LogP contribution < -0.4 is 15.0 Å². The predicted molar refractivity (Wildman–Crippen MR) is 91.0 cm³/mol. The van der Waals surface area contributed by atoms with Gasteiger partial charge in [0.1, 0.15) is 12.4 Å². The van der Waals surface area contributed by atoms with Gasteiger partial charge in [0, 0.05) is 64.6 Å². The average molecular weight is 304 g/mol. The molecule has 22 heavy (non-hydrogen) atoms. The summed E-state index contributed by atoms with van der Waals surface area (Å²) in [5.41, 5.74) is 1.30. The fraction of sp³-hybridized carbons (Fsp3) is 0.647. The maximum absolute atomic E-state index is 5.89. The molecule has 0 atom stereocenters. The topological polar surface area (TPSA) is 31.0 Å². The highest BCUT2D eigenvalue weighted by molar-refractivity contribution is 5.49. The number of hydrogen-bond acceptors (Lipinski definition) is 5. The van der Waals surface area contributed by atoms with Gasteiger partial charge in [0.25, 0.3) is 0 Å². The standard InChI is InChI=1S/C17H28N4O/c1-19-10-12-20(13-11-19)14-15-22-17-4-2-16(3-5-17)21-8-6-18-7-9-21/h2-5,18H,6-15H2,1H3. The highest BCUT2D eigenvalue weighted by atomic mass is 16.5. The molecule has 2 fully saturated rings. The highest BCUT2D eigenvalue weighted by Crippen LogP contribution is 2.19. The van der Waals surface area contributed by atoms with E-state index in [-0.39, 0.29) is 0 Å². The molecule has 0 unspecified atom stereocenters. The fourth-order valence-corrected chi connectivity index (χ4v) is 3.04. The Morgan fingerprint density at radius 2 is 1.64 bits per heavy atom. The number of piperazine rings is 2. The molecule has 1 aromatic carbocycles. The Hall–Kier alpha value is -1.30. The molecule has 1 N–H and O–H groups in total. The molecular weight excluding hydrogens is 276 g/mol. The van der Waals surface area contributed by atoms with Crippen LogP contribution in [0, 0.1) is 0 Å². The van der Waals surface area contributed by atoms with E-state index in [9.17, 15) is 0 Å². The van der Waals surface area contributed by atoms with E-state index < -0.39 is 0 Å². The third kappa shape index (κ3) is 4.35. The van der Waals surface area contributed by atoms with E-state index in [0.717, 1.165) is 58.2 Å². The Bertz CT molecular complexity index is 436. The molecule has 5 nitrogen and oxygen atoms in total. The van der Waals surface area contributed by atoms with Crippen LogP contribution in [0.5, 0.6) is 5.75 Å². The first-order valence-corrected chi connectivity index (χ1v) is 8.41. The van der Waals surface area contributed by atoms with Crippen LogP contribution in [0.1, 0.15) is 0 Å². The van der Waals surface area contributed by atoms with Crippen molar-refractivity contribution in [3.63, 3.8) is 0 Å². The second kappa shape index (κ2) is 7.81. The minimum absolute atomic E-state index is 0.774. The van der Waals surface area contributed by atoms with E-state index in [0.29, 0.717) is 0 Å². The van der Waals surface area contributed by atoms with Gasteiger partial charge in [-0.3, -0.25) is 4.90 Å². The molecular formula is C17H28N4O. The zero-order chi connectivity index (χ0) is 15.2. The predicted octanol–water partition coefficient (Wildman–Crippen LogP) is 0.722. The molecule has 2 aliphatic heterocycles. The molecule has 2 heterocycles. The minimum Gasteiger partial charge on any atom is -0.492 e. The van der Waals surface area contributed by atoms with Gasteiger partial charge in [0.2, 0.25) is 0 Å². The van der Waals surface area contributed by atoms with Crippen molar-refractivity contribution in [3.8, 4) is 5.75 Å². The summed E-state index contributed by atoms with van der Waals surface area (Å²) in [6.07, 6.45) is 0. The number of rotatable bonds is 5. The van der Waals surface area contributed by atoms with Crippen LogP contribution in [0.25, 0.3) is 0 Å². The summed E-state index contributed by atoms with van der Waals surface area (Å²) in [6, 6.07) is 8.55. The van der Waals surface area contributed by atoms with E-state index in [4.69, 9.17) is 4.74 Å². The Morgan fingerprint density at radius 1 is 0.955 bits per heavy atom. The lowest BCUT2D eigenvalue weighted by molar-refractivity contribution is 0.134. The van der Waals surface area contributed by atoms with Gasteiger partial charge in [-0.25, -0.2) is 0 Å². The average Bonchev–Trinajstić information content (AvgIpc) is 2.58. The van der Waals surface area contributed by atoms with E-state index >= 15 is 0 Å². The molecule has 0 radical (unpaired) electrons. The smallest absolute Gasteiger partial charge is 0.119 e. The van der Waals surface area contributed by atoms with E-state index in [2.05, 4.69) is 51.3 Å². The molecule has 3 rings (SSSR count). The van der Waals surface area contributed by atoms with Gasteiger partial charge < -0.3 is 19.9 Å². The zero-order valence-corrected chi connectivity index (χ0v) is 13.6. The number of benzene rings is 1. The number of nitrogens with one attached hydrogen (secondary N) is 1. The summed E-state index contributed by atoms with van der Waals surface area (Å²) in [4.78, 5) is 7.28. The molecule has 0 amide bonds. The summed E-state index contributed by atoms with van der Waals surface area (Å²) in [5.74, 6) is 0.980. The van der Waals surface area contributed by atoms with Gasteiger partial charge in [0.15, 0.2) is 0 Å². The Morgan fingerprint density at radius 3 is 2.32 bits per heavy atom. The van der Waals surface area contributed by atoms with Gasteiger partial charge in [-0.05, 0) is 31.3 Å². The SMILES string of the molecule is CN1CCN(CCOc2ccc(N3CCNCC3)cc2)CC1. The van der Waals surface area contributed by atoms with Crippen molar-refractivity contribution < 1.29 is 4.74 Å². The summed E-state index contributed by atoms with van der Waals surface area (Å²) in [5, 5.41) is 3.38. The zero-order valence-electron chi connectivity index (χ0n) is 13.6. The lowest BCUT2D eigenvalue weighted by Crippen LogP contribution is -2.45. The van der Waals surface area contributed by atoms with Gasteiger partial charge in [-0.15, -0.1) is 0 Å². The number of anilines is 1. The van der Waals surface area contributed by atoms with Crippen molar-refractivity contribution >= 4 is 5.69 Å². The third-order valence-corrected chi connectivity index (χ3v) is 4.59. The first-order chi connectivity index (χ1) is 10.8. The molecule has 0 aromatic heterocycles. The summed E-state index contributed by atoms with van der Waals surface area (Å²) in [7, 11) is 2.19. The summed E-state index contributed by atoms with van der Waals surface area (Å²) in [6.45, 7) is 10.8. The number of nitrogens with zero attached hydrogens (tertiary/aromatic N) is 3. The molecule has 1 aromatic rings. The molecule has 5 heteroatoms. The molecule has 0 aliphatic carbocycles. The van der Waals surface area contributed by atoms with Crippen LogP contribution in [-0.4, -0.2) is 82.4 Å². The van der Waals surface area contributed by atoms with Crippen molar-refractivity contribution in [1.29, 1.82) is 0 Å². The first kappa shape index (κ1) is 15.6. The van der Waals surface area contributed by atoms with Crippen molar-refractivity contribution in [2.45, 2.75) is 0 Å². The van der Waals surface area contributed by atoms with Crippen LogP contribution in [0.2, 0.25) is 0 Å². The fourth-order valence-electron chi connectivity index (χ4n) is 3.04. The van der Waals surface area contributed by atoms with Gasteiger partial charge in [-0.2, -0.15) is 0 Å². The molecule has 0 saturated carbocycles. The van der Waals surface area contributed by atoms with Crippen molar-refractivity contribution in [1.82, 2.24) is 15.1 Å². The van der Waals surface area contributed by atoms with Crippen LogP contribution in [0.3, 0.4) is 0 Å². The van der Waals surface area contributed by atoms with Crippen LogP contribution in [0.15, 0.2) is 24.3 Å². The molecule has 0 bridgehead atoms. The van der Waals surface area contributed by atoms with Crippen LogP contribution in [-0.2, 0) is 0 Å². The molecule has 0 spiro atoms. The maximum Gasteiger partial charge on any atom is 0.119 e. The van der Waals surface area contributed by atoms with Crippen LogP contribution in [0.4, 0.5) is 5.69 Å². The normalized spacial score (nSPS) is 21.0. The monoisotopic (exact) mass is 304 g/mol. The Balaban J connectivity index is 1.41. The minimum atomic E-state index is 0.774. The molecule has 122 valence electrons. The molecule has 2 aliphatic rings. The van der Waals surface area contributed by atoms with Gasteiger partial charge >= 0.3 is 0 Å². The second-order valence-electron chi connectivity index (χ2n) is 6.22.